The number of amides is 1. The minimum Gasteiger partial charge on any atom is -0.493 e. The van der Waals surface area contributed by atoms with E-state index in [1.165, 1.54) is 7.11 Å². The maximum absolute atomic E-state index is 13.3. The van der Waals surface area contributed by atoms with E-state index in [-0.39, 0.29) is 11.0 Å². The van der Waals surface area contributed by atoms with Crippen LogP contribution in [0.25, 0.3) is 22.2 Å². The number of ether oxygens (including phenoxy) is 2. The Morgan fingerprint density at radius 3 is 2.46 bits per heavy atom. The molecular formula is C29H27N3O4S. The predicted molar refractivity (Wildman–Crippen MR) is 149 cm³/mol. The van der Waals surface area contributed by atoms with Crippen LogP contribution < -0.4 is 15.4 Å². The number of carbonyl (C=O) groups excluding carboxylic acids is 2. The minimum atomic E-state index is -0.431. The molecule has 0 fully saturated rings. The van der Waals surface area contributed by atoms with Gasteiger partial charge in [0, 0.05) is 16.6 Å². The molecule has 188 valence electrons. The van der Waals surface area contributed by atoms with Crippen molar-refractivity contribution in [2.45, 2.75) is 13.8 Å². The Morgan fingerprint density at radius 2 is 1.73 bits per heavy atom. The number of esters is 1. The Balaban J connectivity index is 1.57. The average molecular weight is 514 g/mol. The highest BCUT2D eigenvalue weighted by Crippen LogP contribution is 2.27. The summed E-state index contributed by atoms with van der Waals surface area (Å²) >= 11 is 5.37. The monoisotopic (exact) mass is 513 g/mol. The van der Waals surface area contributed by atoms with E-state index in [0.29, 0.717) is 45.9 Å². The van der Waals surface area contributed by atoms with E-state index in [9.17, 15) is 9.59 Å². The number of rotatable bonds is 7. The third kappa shape index (κ3) is 6.48. The zero-order chi connectivity index (χ0) is 26.4. The number of carbonyl (C=O) groups is 2. The first-order valence-corrected chi connectivity index (χ1v) is 12.2. The largest absolute Gasteiger partial charge is 0.493 e. The van der Waals surface area contributed by atoms with Gasteiger partial charge >= 0.3 is 5.97 Å². The Kier molecular flexibility index (Phi) is 8.10. The number of hydrogen-bond acceptors (Lipinski definition) is 6. The highest BCUT2D eigenvalue weighted by atomic mass is 32.1. The van der Waals surface area contributed by atoms with Crippen molar-refractivity contribution in [2.24, 2.45) is 5.92 Å². The van der Waals surface area contributed by atoms with Gasteiger partial charge in [0.05, 0.1) is 36.1 Å². The van der Waals surface area contributed by atoms with Crippen molar-refractivity contribution in [2.75, 3.05) is 19.0 Å². The number of benzene rings is 3. The van der Waals surface area contributed by atoms with Crippen LogP contribution in [0.2, 0.25) is 0 Å². The van der Waals surface area contributed by atoms with Crippen LogP contribution in [0.5, 0.6) is 5.75 Å². The summed E-state index contributed by atoms with van der Waals surface area (Å²) in [7, 11) is 1.32. The summed E-state index contributed by atoms with van der Waals surface area (Å²) in [5.41, 5.74) is 3.66. The van der Waals surface area contributed by atoms with Crippen molar-refractivity contribution in [3.63, 3.8) is 0 Å². The summed E-state index contributed by atoms with van der Waals surface area (Å²) < 4.78 is 10.6. The van der Waals surface area contributed by atoms with E-state index in [4.69, 9.17) is 26.7 Å². The third-order valence-corrected chi connectivity index (χ3v) is 5.67. The summed E-state index contributed by atoms with van der Waals surface area (Å²) in [5.74, 6) is 0.354. The molecule has 0 atom stereocenters. The van der Waals surface area contributed by atoms with Gasteiger partial charge in [0.1, 0.15) is 5.75 Å². The Hall–Kier alpha value is -4.30. The van der Waals surface area contributed by atoms with Gasteiger partial charge in [-0.1, -0.05) is 44.2 Å². The number of para-hydroxylation sites is 1. The quantitative estimate of drug-likeness (QED) is 0.237. The first-order valence-electron chi connectivity index (χ1n) is 11.8. The molecule has 3 aromatic carbocycles. The van der Waals surface area contributed by atoms with Crippen LogP contribution in [-0.2, 0) is 4.74 Å². The van der Waals surface area contributed by atoms with Crippen molar-refractivity contribution in [1.29, 1.82) is 0 Å². The molecule has 1 amide bonds. The molecule has 37 heavy (non-hydrogen) atoms. The summed E-state index contributed by atoms with van der Waals surface area (Å²) in [6.07, 6.45) is 0. The van der Waals surface area contributed by atoms with Crippen LogP contribution >= 0.6 is 12.2 Å². The van der Waals surface area contributed by atoms with Crippen molar-refractivity contribution < 1.29 is 19.1 Å². The smallest absolute Gasteiger partial charge is 0.337 e. The van der Waals surface area contributed by atoms with E-state index in [1.54, 1.807) is 30.3 Å². The van der Waals surface area contributed by atoms with Crippen molar-refractivity contribution in [3.8, 4) is 17.0 Å². The molecule has 4 rings (SSSR count). The molecule has 0 aliphatic carbocycles. The molecule has 1 aromatic heterocycles. The van der Waals surface area contributed by atoms with Crippen LogP contribution in [-0.4, -0.2) is 35.7 Å². The summed E-state index contributed by atoms with van der Waals surface area (Å²) in [6.45, 7) is 4.80. The molecular weight excluding hydrogens is 486 g/mol. The number of aromatic nitrogens is 1. The number of nitrogens with one attached hydrogen (secondary N) is 2. The van der Waals surface area contributed by atoms with E-state index in [0.717, 1.165) is 11.3 Å². The number of nitrogens with zero attached hydrogens (tertiary/aromatic N) is 1. The van der Waals surface area contributed by atoms with E-state index in [1.807, 2.05) is 48.5 Å². The molecule has 2 N–H and O–H groups in total. The van der Waals surface area contributed by atoms with Crippen LogP contribution in [0.3, 0.4) is 0 Å². The van der Waals surface area contributed by atoms with Gasteiger partial charge in [-0.05, 0) is 66.7 Å². The molecule has 0 radical (unpaired) electrons. The lowest BCUT2D eigenvalue weighted by atomic mass is 10.0. The maximum Gasteiger partial charge on any atom is 0.337 e. The lowest BCUT2D eigenvalue weighted by Gasteiger charge is -2.13. The predicted octanol–water partition coefficient (Wildman–Crippen LogP) is 5.85. The van der Waals surface area contributed by atoms with Crippen LogP contribution in [0, 0.1) is 5.92 Å². The van der Waals surface area contributed by atoms with Gasteiger partial charge in [0.15, 0.2) is 5.11 Å². The molecule has 4 aromatic rings. The standard InChI is InChI=1S/C29H27N3O4S/c1-18(2)17-36-22-8-6-7-20(15-22)26-16-24(23-9-4-5-10-25(23)31-26)27(33)32-29(37)30-21-13-11-19(12-14-21)28(34)35-3/h4-16,18H,17H2,1-3H3,(H2,30,32,33,37). The first-order chi connectivity index (χ1) is 17.8. The molecule has 8 heteroatoms. The number of fused-ring (bicyclic) bond motifs is 1. The van der Waals surface area contributed by atoms with Gasteiger partial charge in [-0.15, -0.1) is 0 Å². The highest BCUT2D eigenvalue weighted by Gasteiger charge is 2.16. The molecule has 1 heterocycles. The maximum atomic E-state index is 13.3. The van der Waals surface area contributed by atoms with E-state index in [2.05, 4.69) is 24.5 Å². The van der Waals surface area contributed by atoms with Gasteiger partial charge in [0.2, 0.25) is 0 Å². The van der Waals surface area contributed by atoms with E-state index >= 15 is 0 Å². The second-order valence-corrected chi connectivity index (χ2v) is 9.19. The van der Waals surface area contributed by atoms with Gasteiger partial charge < -0.3 is 14.8 Å². The normalized spacial score (nSPS) is 10.7. The number of anilines is 1. The second-order valence-electron chi connectivity index (χ2n) is 8.78. The molecule has 0 saturated carbocycles. The summed E-state index contributed by atoms with van der Waals surface area (Å²) in [4.78, 5) is 29.7. The molecule has 7 nitrogen and oxygen atoms in total. The Labute approximate surface area is 220 Å². The van der Waals surface area contributed by atoms with Gasteiger partial charge in [0.25, 0.3) is 5.91 Å². The summed E-state index contributed by atoms with van der Waals surface area (Å²) in [6, 6.07) is 23.5. The number of thiocarbonyl (C=S) groups is 1. The zero-order valence-electron chi connectivity index (χ0n) is 20.8. The van der Waals surface area contributed by atoms with Crippen molar-refractivity contribution in [3.05, 3.63) is 90.0 Å². The second kappa shape index (κ2) is 11.6. The fourth-order valence-corrected chi connectivity index (χ4v) is 3.87. The topological polar surface area (TPSA) is 89.6 Å². The molecule has 0 saturated heterocycles. The van der Waals surface area contributed by atoms with Crippen LogP contribution in [0.15, 0.2) is 78.9 Å². The average Bonchev–Trinajstić information content (AvgIpc) is 2.91. The SMILES string of the molecule is COC(=O)c1ccc(NC(=S)NC(=O)c2cc(-c3cccc(OCC(C)C)c3)nc3ccccc23)cc1. The Bertz CT molecular complexity index is 1450. The fraction of sp³-hybridized carbons (Fsp3) is 0.172. The lowest BCUT2D eigenvalue weighted by Crippen LogP contribution is -2.34. The third-order valence-electron chi connectivity index (χ3n) is 5.46. The number of hydrogen-bond donors (Lipinski definition) is 2. The Morgan fingerprint density at radius 1 is 0.973 bits per heavy atom. The lowest BCUT2D eigenvalue weighted by molar-refractivity contribution is 0.0600. The minimum absolute atomic E-state index is 0.127. The first kappa shape index (κ1) is 25.8. The molecule has 0 aliphatic rings. The zero-order valence-corrected chi connectivity index (χ0v) is 21.6. The van der Waals surface area contributed by atoms with Gasteiger partial charge in [-0.2, -0.15) is 0 Å². The molecule has 0 aliphatic heterocycles. The van der Waals surface area contributed by atoms with Crippen LogP contribution in [0.1, 0.15) is 34.6 Å². The van der Waals surface area contributed by atoms with Crippen molar-refractivity contribution in [1.82, 2.24) is 10.3 Å². The molecule has 0 unspecified atom stereocenters. The fourth-order valence-electron chi connectivity index (χ4n) is 3.66. The van der Waals surface area contributed by atoms with Gasteiger partial charge in [-0.3, -0.25) is 10.1 Å². The molecule has 0 bridgehead atoms. The number of pyridine rings is 1. The highest BCUT2D eigenvalue weighted by molar-refractivity contribution is 7.80. The van der Waals surface area contributed by atoms with Crippen molar-refractivity contribution >= 4 is 45.8 Å². The van der Waals surface area contributed by atoms with Crippen LogP contribution in [0.4, 0.5) is 5.69 Å². The summed E-state index contributed by atoms with van der Waals surface area (Å²) in [5, 5.41) is 6.55. The van der Waals surface area contributed by atoms with Gasteiger partial charge in [-0.25, -0.2) is 9.78 Å². The number of methoxy groups -OCH3 is 1. The van der Waals surface area contributed by atoms with E-state index < -0.39 is 5.97 Å². The molecule has 0 spiro atoms.